The molecular weight excluding hydrogens is 188 g/mol. The van der Waals surface area contributed by atoms with Gasteiger partial charge in [0.2, 0.25) is 5.91 Å². The van der Waals surface area contributed by atoms with Crippen molar-refractivity contribution in [2.45, 2.75) is 32.7 Å². The molecule has 1 aliphatic rings. The molecule has 0 spiro atoms. The lowest BCUT2D eigenvalue weighted by Gasteiger charge is -2.36. The van der Waals surface area contributed by atoms with Crippen molar-refractivity contribution in [3.8, 4) is 12.3 Å². The number of hydrogen-bond acceptors (Lipinski definition) is 2. The number of likely N-dealkylation sites (tertiary alicyclic amines) is 1. The van der Waals surface area contributed by atoms with E-state index in [2.05, 4.69) is 25.1 Å². The molecule has 0 saturated carbocycles. The fraction of sp³-hybridized carbons (Fsp3) is 0.750. The Kier molecular flexibility index (Phi) is 4.64. The number of terminal acetylenes is 1. The Balaban J connectivity index is 2.39. The number of amides is 1. The highest BCUT2D eigenvalue weighted by Crippen LogP contribution is 2.20. The highest BCUT2D eigenvalue weighted by Gasteiger charge is 2.26. The van der Waals surface area contributed by atoms with Gasteiger partial charge in [-0.2, -0.15) is 0 Å². The summed E-state index contributed by atoms with van der Waals surface area (Å²) in [6, 6.07) is 0.376. The minimum atomic E-state index is 0.171. The van der Waals surface area contributed by atoms with Crippen molar-refractivity contribution in [2.24, 2.45) is 5.92 Å². The summed E-state index contributed by atoms with van der Waals surface area (Å²) in [5.74, 6) is 3.26. The predicted octanol–water partition coefficient (Wildman–Crippen LogP) is 0.856. The maximum atomic E-state index is 11.8. The van der Waals surface area contributed by atoms with Crippen LogP contribution in [0.1, 0.15) is 26.7 Å². The van der Waals surface area contributed by atoms with Crippen LogP contribution in [-0.2, 0) is 4.79 Å². The van der Waals surface area contributed by atoms with Crippen molar-refractivity contribution in [3.63, 3.8) is 0 Å². The number of nitrogens with one attached hydrogen (secondary N) is 1. The highest BCUT2D eigenvalue weighted by atomic mass is 16.2. The third kappa shape index (κ3) is 3.56. The van der Waals surface area contributed by atoms with Crippen LogP contribution < -0.4 is 5.32 Å². The summed E-state index contributed by atoms with van der Waals surface area (Å²) < 4.78 is 0. The summed E-state index contributed by atoms with van der Waals surface area (Å²) in [6.45, 7) is 6.02. The van der Waals surface area contributed by atoms with Gasteiger partial charge in [-0.25, -0.2) is 0 Å². The van der Waals surface area contributed by atoms with Crippen molar-refractivity contribution in [1.82, 2.24) is 10.2 Å². The van der Waals surface area contributed by atoms with E-state index in [1.54, 1.807) is 0 Å². The van der Waals surface area contributed by atoms with Crippen molar-refractivity contribution in [1.29, 1.82) is 0 Å². The molecule has 3 nitrogen and oxygen atoms in total. The van der Waals surface area contributed by atoms with Gasteiger partial charge in [0.1, 0.15) is 0 Å². The molecule has 0 aromatic carbocycles. The van der Waals surface area contributed by atoms with Crippen molar-refractivity contribution in [3.05, 3.63) is 0 Å². The molecule has 1 saturated heterocycles. The molecule has 2 unspecified atom stereocenters. The summed E-state index contributed by atoms with van der Waals surface area (Å²) in [5, 5.41) is 2.94. The summed E-state index contributed by atoms with van der Waals surface area (Å²) in [5.41, 5.74) is 0. The Hall–Kier alpha value is -1.01. The second-order valence-electron chi connectivity index (χ2n) is 4.39. The molecule has 1 rings (SSSR count). The third-order valence-electron chi connectivity index (χ3n) is 2.94. The quantitative estimate of drug-likeness (QED) is 0.551. The van der Waals surface area contributed by atoms with Gasteiger partial charge < -0.3 is 4.90 Å². The molecular formula is C12H20N2O. The molecule has 0 radical (unpaired) electrons. The number of piperidine rings is 1. The van der Waals surface area contributed by atoms with Gasteiger partial charge in [0.05, 0.1) is 13.1 Å². The molecule has 0 aromatic rings. The number of rotatable bonds is 3. The minimum absolute atomic E-state index is 0.171. The SMILES string of the molecule is C#CCNCC(=O)N1CC(C)CCC1C. The smallest absolute Gasteiger partial charge is 0.236 e. The molecule has 0 bridgehead atoms. The summed E-state index contributed by atoms with van der Waals surface area (Å²) in [7, 11) is 0. The zero-order valence-corrected chi connectivity index (χ0v) is 9.62. The molecule has 3 heteroatoms. The molecule has 15 heavy (non-hydrogen) atoms. The van der Waals surface area contributed by atoms with Gasteiger partial charge in [0, 0.05) is 12.6 Å². The molecule has 1 amide bonds. The lowest BCUT2D eigenvalue weighted by Crippen LogP contribution is -2.48. The van der Waals surface area contributed by atoms with E-state index in [0.29, 0.717) is 25.0 Å². The average molecular weight is 208 g/mol. The zero-order valence-electron chi connectivity index (χ0n) is 9.62. The van der Waals surface area contributed by atoms with Gasteiger partial charge in [-0.15, -0.1) is 6.42 Å². The van der Waals surface area contributed by atoms with E-state index < -0.39 is 0 Å². The Morgan fingerprint density at radius 1 is 1.53 bits per heavy atom. The largest absolute Gasteiger partial charge is 0.339 e. The van der Waals surface area contributed by atoms with Gasteiger partial charge in [-0.05, 0) is 25.7 Å². The summed E-state index contributed by atoms with van der Waals surface area (Å²) in [6.07, 6.45) is 7.44. The maximum Gasteiger partial charge on any atom is 0.236 e. The van der Waals surface area contributed by atoms with E-state index in [1.807, 2.05) is 4.90 Å². The van der Waals surface area contributed by atoms with Crippen molar-refractivity contribution in [2.75, 3.05) is 19.6 Å². The monoisotopic (exact) mass is 208 g/mol. The molecule has 2 atom stereocenters. The Bertz CT molecular complexity index is 257. The first-order valence-corrected chi connectivity index (χ1v) is 5.58. The van der Waals surface area contributed by atoms with E-state index in [1.165, 1.54) is 6.42 Å². The van der Waals surface area contributed by atoms with E-state index in [4.69, 9.17) is 6.42 Å². The second kappa shape index (κ2) is 5.77. The Morgan fingerprint density at radius 3 is 2.93 bits per heavy atom. The maximum absolute atomic E-state index is 11.8. The normalized spacial score (nSPS) is 26.1. The number of carbonyl (C=O) groups is 1. The van der Waals surface area contributed by atoms with Crippen LogP contribution in [0, 0.1) is 18.3 Å². The van der Waals surface area contributed by atoms with Crippen LogP contribution in [0.3, 0.4) is 0 Å². The van der Waals surface area contributed by atoms with Gasteiger partial charge in [0.25, 0.3) is 0 Å². The lowest BCUT2D eigenvalue weighted by atomic mass is 9.95. The summed E-state index contributed by atoms with van der Waals surface area (Å²) in [4.78, 5) is 13.8. The lowest BCUT2D eigenvalue weighted by molar-refractivity contribution is -0.134. The molecule has 0 aromatic heterocycles. The first-order valence-electron chi connectivity index (χ1n) is 5.58. The first kappa shape index (κ1) is 12.1. The van der Waals surface area contributed by atoms with Crippen LogP contribution in [0.2, 0.25) is 0 Å². The van der Waals surface area contributed by atoms with E-state index in [-0.39, 0.29) is 5.91 Å². The number of nitrogens with zero attached hydrogens (tertiary/aromatic N) is 1. The zero-order chi connectivity index (χ0) is 11.3. The van der Waals surface area contributed by atoms with Gasteiger partial charge in [0.15, 0.2) is 0 Å². The third-order valence-corrected chi connectivity index (χ3v) is 2.94. The van der Waals surface area contributed by atoms with Crippen LogP contribution in [0.25, 0.3) is 0 Å². The van der Waals surface area contributed by atoms with Crippen LogP contribution in [0.4, 0.5) is 0 Å². The second-order valence-corrected chi connectivity index (χ2v) is 4.39. The fourth-order valence-corrected chi connectivity index (χ4v) is 1.98. The fourth-order valence-electron chi connectivity index (χ4n) is 1.98. The van der Waals surface area contributed by atoms with E-state index in [0.717, 1.165) is 13.0 Å². The molecule has 0 aliphatic carbocycles. The molecule has 1 N–H and O–H groups in total. The van der Waals surface area contributed by atoms with Crippen LogP contribution in [0.15, 0.2) is 0 Å². The first-order chi connectivity index (χ1) is 7.15. The predicted molar refractivity (Wildman–Crippen MR) is 61.3 cm³/mol. The van der Waals surface area contributed by atoms with Gasteiger partial charge >= 0.3 is 0 Å². The van der Waals surface area contributed by atoms with Crippen LogP contribution in [0.5, 0.6) is 0 Å². The molecule has 1 heterocycles. The van der Waals surface area contributed by atoms with Crippen molar-refractivity contribution >= 4 is 5.91 Å². The van der Waals surface area contributed by atoms with E-state index >= 15 is 0 Å². The molecule has 1 aliphatic heterocycles. The average Bonchev–Trinajstić information content (AvgIpc) is 2.22. The van der Waals surface area contributed by atoms with Gasteiger partial charge in [-0.3, -0.25) is 10.1 Å². The van der Waals surface area contributed by atoms with Crippen molar-refractivity contribution < 1.29 is 4.79 Å². The minimum Gasteiger partial charge on any atom is -0.339 e. The molecule has 84 valence electrons. The topological polar surface area (TPSA) is 32.3 Å². The Morgan fingerprint density at radius 2 is 2.27 bits per heavy atom. The molecule has 1 fully saturated rings. The van der Waals surface area contributed by atoms with E-state index in [9.17, 15) is 4.79 Å². The number of hydrogen-bond donors (Lipinski definition) is 1. The highest BCUT2D eigenvalue weighted by molar-refractivity contribution is 5.78. The van der Waals surface area contributed by atoms with Crippen LogP contribution >= 0.6 is 0 Å². The van der Waals surface area contributed by atoms with Gasteiger partial charge in [-0.1, -0.05) is 12.8 Å². The summed E-state index contributed by atoms with van der Waals surface area (Å²) >= 11 is 0. The standard InChI is InChI=1S/C12H20N2O/c1-4-7-13-8-12(15)14-9-10(2)5-6-11(14)3/h1,10-11,13H,5-9H2,2-3H3. The van der Waals surface area contributed by atoms with Crippen LogP contribution in [-0.4, -0.2) is 36.5 Å². The Labute approximate surface area is 92.2 Å². The number of carbonyl (C=O) groups excluding carboxylic acids is 1.